The van der Waals surface area contributed by atoms with E-state index in [2.05, 4.69) is 34.0 Å². The second-order valence-electron chi connectivity index (χ2n) is 7.26. The second-order valence-corrected chi connectivity index (χ2v) is 7.26. The summed E-state index contributed by atoms with van der Waals surface area (Å²) in [7, 11) is 5.74. The molecule has 1 aromatic carbocycles. The van der Waals surface area contributed by atoms with E-state index in [0.717, 1.165) is 46.6 Å². The Labute approximate surface area is 185 Å². The molecule has 1 heterocycles. The molecule has 1 aromatic heterocycles. The van der Waals surface area contributed by atoms with Crippen molar-refractivity contribution in [1.29, 1.82) is 0 Å². The van der Waals surface area contributed by atoms with Crippen LogP contribution in [0.3, 0.4) is 0 Å². The van der Waals surface area contributed by atoms with Crippen molar-refractivity contribution in [2.24, 2.45) is 4.99 Å². The van der Waals surface area contributed by atoms with E-state index >= 15 is 0 Å². The van der Waals surface area contributed by atoms with E-state index in [1.54, 1.807) is 7.05 Å². The van der Waals surface area contributed by atoms with E-state index in [1.807, 2.05) is 68.7 Å². The number of nitrogens with one attached hydrogen (secondary N) is 1. The summed E-state index contributed by atoms with van der Waals surface area (Å²) in [6.45, 7) is 6.79. The minimum Gasteiger partial charge on any atom is -0.396 e. The van der Waals surface area contributed by atoms with Gasteiger partial charge in [-0.2, -0.15) is 0 Å². The first-order valence-electron chi connectivity index (χ1n) is 10.5. The Hall–Kier alpha value is -3.25. The molecule has 2 N–H and O–H groups in total. The largest absolute Gasteiger partial charge is 0.396 e. The molecule has 6 nitrogen and oxygen atoms in total. The van der Waals surface area contributed by atoms with Crippen LogP contribution in [0.1, 0.15) is 30.9 Å². The van der Waals surface area contributed by atoms with Gasteiger partial charge in [-0.25, -0.2) is 9.97 Å². The number of rotatable bonds is 11. The van der Waals surface area contributed by atoms with Crippen LogP contribution in [0.25, 0.3) is 17.0 Å². The van der Waals surface area contributed by atoms with E-state index in [0.29, 0.717) is 12.4 Å². The number of aromatic nitrogens is 2. The van der Waals surface area contributed by atoms with Crippen LogP contribution >= 0.6 is 0 Å². The highest BCUT2D eigenvalue weighted by Gasteiger charge is 2.13. The van der Waals surface area contributed by atoms with Crippen molar-refractivity contribution < 1.29 is 5.11 Å². The lowest BCUT2D eigenvalue weighted by Crippen LogP contribution is -2.11. The third kappa shape index (κ3) is 6.89. The number of benzene rings is 1. The summed E-state index contributed by atoms with van der Waals surface area (Å²) in [6.07, 6.45) is 11.2. The molecule has 0 radical (unpaired) electrons. The number of anilines is 1. The van der Waals surface area contributed by atoms with Gasteiger partial charge in [-0.3, -0.25) is 4.99 Å². The van der Waals surface area contributed by atoms with Crippen molar-refractivity contribution in [1.82, 2.24) is 14.9 Å². The highest BCUT2D eigenvalue weighted by atomic mass is 16.2. The van der Waals surface area contributed by atoms with Gasteiger partial charge in [-0.1, -0.05) is 36.9 Å². The average molecular weight is 420 g/mol. The SMILES string of the molecule is C=C/C(=C\N(C)C)c1cccc(-c2ncc(C(/C=C\C)=N/C)c(NCCCCO)n2)c1. The van der Waals surface area contributed by atoms with Crippen LogP contribution in [0.4, 0.5) is 5.82 Å². The molecule has 2 rings (SSSR count). The fraction of sp³-hybridized carbons (Fsp3) is 0.320. The second kappa shape index (κ2) is 12.4. The maximum Gasteiger partial charge on any atom is 0.161 e. The molecule has 0 fully saturated rings. The van der Waals surface area contributed by atoms with Gasteiger partial charge in [0.05, 0.1) is 11.3 Å². The quantitative estimate of drug-likeness (QED) is 0.321. The van der Waals surface area contributed by atoms with Crippen molar-refractivity contribution in [3.8, 4) is 11.4 Å². The number of aliphatic imine (C=N–C) groups is 1. The lowest BCUT2D eigenvalue weighted by Gasteiger charge is -2.13. The van der Waals surface area contributed by atoms with E-state index in [1.165, 1.54) is 0 Å². The Kier molecular flexibility index (Phi) is 9.65. The molecule has 0 amide bonds. The van der Waals surface area contributed by atoms with Gasteiger partial charge < -0.3 is 15.3 Å². The molecule has 0 bridgehead atoms. The molecule has 0 aliphatic carbocycles. The standard InChI is InChI=1S/C25H33N5O/c1-6-11-23(26-3)22-17-28-24(29-25(22)27-14-8-9-15-31)21-13-10-12-20(16-21)19(7-2)18-30(4)5/h6-7,10-13,16-18,31H,2,8-9,14-15H2,1,3-5H3,(H,27,28,29)/b11-6-,19-18+,26-23+. The van der Waals surface area contributed by atoms with Crippen LogP contribution in [-0.2, 0) is 0 Å². The smallest absolute Gasteiger partial charge is 0.161 e. The average Bonchev–Trinajstić information content (AvgIpc) is 2.78. The van der Waals surface area contributed by atoms with Crippen molar-refractivity contribution in [2.75, 3.05) is 39.6 Å². The van der Waals surface area contributed by atoms with Crippen LogP contribution in [0, 0.1) is 0 Å². The van der Waals surface area contributed by atoms with Gasteiger partial charge >= 0.3 is 0 Å². The summed E-state index contributed by atoms with van der Waals surface area (Å²) < 4.78 is 0. The van der Waals surface area contributed by atoms with Crippen LogP contribution in [0.15, 0.2) is 66.5 Å². The molecular formula is C25H33N5O. The van der Waals surface area contributed by atoms with E-state index in [-0.39, 0.29) is 6.61 Å². The summed E-state index contributed by atoms with van der Waals surface area (Å²) in [5.41, 5.74) is 4.67. The summed E-state index contributed by atoms with van der Waals surface area (Å²) in [5.74, 6) is 1.37. The van der Waals surface area contributed by atoms with E-state index < -0.39 is 0 Å². The zero-order valence-corrected chi connectivity index (χ0v) is 19.0. The van der Waals surface area contributed by atoms with Gasteiger partial charge in [0.2, 0.25) is 0 Å². The Morgan fingerprint density at radius 3 is 2.74 bits per heavy atom. The number of hydrogen-bond acceptors (Lipinski definition) is 6. The van der Waals surface area contributed by atoms with Crippen LogP contribution < -0.4 is 5.32 Å². The van der Waals surface area contributed by atoms with E-state index in [9.17, 15) is 0 Å². The molecule has 0 aliphatic rings. The molecule has 0 unspecified atom stereocenters. The normalized spacial score (nSPS) is 12.3. The molecule has 2 aromatic rings. The van der Waals surface area contributed by atoms with E-state index in [4.69, 9.17) is 10.1 Å². The van der Waals surface area contributed by atoms with Crippen molar-refractivity contribution >= 4 is 17.1 Å². The molecule has 6 heteroatoms. The number of nitrogens with zero attached hydrogens (tertiary/aromatic N) is 4. The minimum absolute atomic E-state index is 0.183. The van der Waals surface area contributed by atoms with Gasteiger partial charge in [0.1, 0.15) is 5.82 Å². The maximum atomic E-state index is 9.06. The summed E-state index contributed by atoms with van der Waals surface area (Å²) in [6, 6.07) is 8.13. The van der Waals surface area contributed by atoms with Crippen molar-refractivity contribution in [3.05, 3.63) is 72.6 Å². The van der Waals surface area contributed by atoms with Gasteiger partial charge in [0.15, 0.2) is 5.82 Å². The maximum absolute atomic E-state index is 9.06. The topological polar surface area (TPSA) is 73.6 Å². The fourth-order valence-corrected chi connectivity index (χ4v) is 3.09. The lowest BCUT2D eigenvalue weighted by molar-refractivity contribution is 0.286. The first-order valence-corrected chi connectivity index (χ1v) is 10.5. The van der Waals surface area contributed by atoms with Gasteiger partial charge in [0, 0.05) is 52.3 Å². The molecule has 31 heavy (non-hydrogen) atoms. The van der Waals surface area contributed by atoms with Gasteiger partial charge in [-0.15, -0.1) is 0 Å². The van der Waals surface area contributed by atoms with Crippen LogP contribution in [-0.4, -0.2) is 60.0 Å². The molecule has 164 valence electrons. The predicted octanol–water partition coefficient (Wildman–Crippen LogP) is 4.41. The molecular weight excluding hydrogens is 386 g/mol. The Balaban J connectivity index is 2.47. The summed E-state index contributed by atoms with van der Waals surface area (Å²) >= 11 is 0. The highest BCUT2D eigenvalue weighted by molar-refractivity contribution is 6.11. The number of hydrogen-bond donors (Lipinski definition) is 2. The lowest BCUT2D eigenvalue weighted by atomic mass is 10.0. The van der Waals surface area contributed by atoms with Gasteiger partial charge in [-0.05, 0) is 43.0 Å². The summed E-state index contributed by atoms with van der Waals surface area (Å²) in [4.78, 5) is 15.8. The fourth-order valence-electron chi connectivity index (χ4n) is 3.09. The van der Waals surface area contributed by atoms with Crippen LogP contribution in [0.2, 0.25) is 0 Å². The summed E-state index contributed by atoms with van der Waals surface area (Å²) in [5, 5.41) is 12.5. The third-order valence-electron chi connectivity index (χ3n) is 4.58. The molecule has 0 aliphatic heterocycles. The van der Waals surface area contributed by atoms with Crippen molar-refractivity contribution in [2.45, 2.75) is 19.8 Å². The zero-order chi connectivity index (χ0) is 22.6. The molecule has 0 saturated heterocycles. The Morgan fingerprint density at radius 1 is 1.29 bits per heavy atom. The number of allylic oxidation sites excluding steroid dienone is 4. The Morgan fingerprint density at radius 2 is 2.10 bits per heavy atom. The first kappa shape index (κ1) is 24.0. The molecule has 0 spiro atoms. The molecule has 0 saturated carbocycles. The third-order valence-corrected chi connectivity index (χ3v) is 4.58. The Bertz CT molecular complexity index is 960. The minimum atomic E-state index is 0.183. The monoisotopic (exact) mass is 419 g/mol. The van der Waals surface area contributed by atoms with Crippen molar-refractivity contribution in [3.63, 3.8) is 0 Å². The van der Waals surface area contributed by atoms with Gasteiger partial charge in [0.25, 0.3) is 0 Å². The zero-order valence-electron chi connectivity index (χ0n) is 19.0. The predicted molar refractivity (Wildman–Crippen MR) is 131 cm³/mol. The first-order chi connectivity index (χ1) is 15.0. The molecule has 0 atom stereocenters. The number of aliphatic hydroxyl groups is 1. The number of aliphatic hydroxyl groups excluding tert-OH is 1. The van der Waals surface area contributed by atoms with Crippen LogP contribution in [0.5, 0.6) is 0 Å². The highest BCUT2D eigenvalue weighted by Crippen LogP contribution is 2.25. The number of unbranched alkanes of at least 4 members (excludes halogenated alkanes) is 1.